The van der Waals surface area contributed by atoms with Crippen LogP contribution < -0.4 is 4.74 Å². The molecule has 0 amide bonds. The van der Waals surface area contributed by atoms with Crippen molar-refractivity contribution in [2.45, 2.75) is 13.5 Å². The molecular weight excluding hydrogens is 372 g/mol. The predicted octanol–water partition coefficient (Wildman–Crippen LogP) is 3.71. The molecule has 0 radical (unpaired) electrons. The molecule has 22 heavy (non-hydrogen) atoms. The highest BCUT2D eigenvalue weighted by molar-refractivity contribution is 9.10. The standard InChI is InChI=1S/C14H11BrN2O4S/c1-8-2-3-9(4-11(8)17(19)20)7-21-12-5-10(15)6-16-13(12)14(18)22/h2-6H,7H2,1H3,(H,18,22). The Morgan fingerprint density at radius 1 is 1.45 bits per heavy atom. The van der Waals surface area contributed by atoms with Crippen molar-refractivity contribution in [2.75, 3.05) is 0 Å². The number of aryl methyl sites for hydroxylation is 1. The van der Waals surface area contributed by atoms with E-state index < -0.39 is 10.0 Å². The summed E-state index contributed by atoms with van der Waals surface area (Å²) in [5.41, 5.74) is 1.31. The maximum absolute atomic E-state index is 11.4. The van der Waals surface area contributed by atoms with Crippen LogP contribution in [0.4, 0.5) is 5.69 Å². The lowest BCUT2D eigenvalue weighted by molar-refractivity contribution is -0.385. The number of carbonyl (C=O) groups is 1. The van der Waals surface area contributed by atoms with Crippen molar-refractivity contribution in [3.63, 3.8) is 0 Å². The number of pyridine rings is 1. The predicted molar refractivity (Wildman–Crippen MR) is 87.4 cm³/mol. The number of rotatable bonds is 5. The van der Waals surface area contributed by atoms with E-state index in [1.165, 1.54) is 12.3 Å². The summed E-state index contributed by atoms with van der Waals surface area (Å²) in [5, 5.41) is 10.4. The third-order valence-corrected chi connectivity index (χ3v) is 3.53. The van der Waals surface area contributed by atoms with Gasteiger partial charge in [-0.25, -0.2) is 4.98 Å². The minimum absolute atomic E-state index is 0.0268. The maximum atomic E-state index is 11.4. The molecule has 0 saturated heterocycles. The summed E-state index contributed by atoms with van der Waals surface area (Å²) >= 11 is 6.99. The van der Waals surface area contributed by atoms with Crippen molar-refractivity contribution >= 4 is 39.4 Å². The fraction of sp³-hybridized carbons (Fsp3) is 0.143. The molecule has 0 aliphatic heterocycles. The first-order valence-corrected chi connectivity index (χ1v) is 7.38. The smallest absolute Gasteiger partial charge is 0.272 e. The molecule has 0 fully saturated rings. The minimum Gasteiger partial charge on any atom is -0.486 e. The van der Waals surface area contributed by atoms with E-state index in [9.17, 15) is 14.9 Å². The van der Waals surface area contributed by atoms with Crippen molar-refractivity contribution < 1.29 is 14.5 Å². The Morgan fingerprint density at radius 2 is 2.18 bits per heavy atom. The number of carbonyl (C=O) groups excluding carboxylic acids is 1. The summed E-state index contributed by atoms with van der Waals surface area (Å²) in [6, 6.07) is 6.43. The van der Waals surface area contributed by atoms with Crippen molar-refractivity contribution in [1.82, 2.24) is 4.98 Å². The number of aromatic nitrogens is 1. The molecule has 6 nitrogen and oxygen atoms in total. The molecule has 0 aliphatic carbocycles. The quantitative estimate of drug-likeness (QED) is 0.484. The van der Waals surface area contributed by atoms with Gasteiger partial charge in [0.05, 0.1) is 4.92 Å². The van der Waals surface area contributed by atoms with Gasteiger partial charge in [0.2, 0.25) is 5.12 Å². The maximum Gasteiger partial charge on any atom is 0.272 e. The molecule has 0 bridgehead atoms. The highest BCUT2D eigenvalue weighted by atomic mass is 79.9. The van der Waals surface area contributed by atoms with Crippen molar-refractivity contribution in [3.8, 4) is 5.75 Å². The zero-order chi connectivity index (χ0) is 16.3. The van der Waals surface area contributed by atoms with Crippen LogP contribution in [0.15, 0.2) is 34.9 Å². The summed E-state index contributed by atoms with van der Waals surface area (Å²) in [4.78, 5) is 25.8. The Hall–Kier alpha value is -1.93. The first kappa shape index (κ1) is 16.4. The second-order valence-corrected chi connectivity index (χ2v) is 5.79. The number of halogens is 1. The van der Waals surface area contributed by atoms with Gasteiger partial charge in [-0.15, -0.1) is 0 Å². The monoisotopic (exact) mass is 382 g/mol. The Balaban J connectivity index is 2.24. The molecule has 0 aliphatic rings. The Morgan fingerprint density at radius 3 is 2.82 bits per heavy atom. The van der Waals surface area contributed by atoms with Crippen LogP contribution in [0.1, 0.15) is 21.6 Å². The average molecular weight is 383 g/mol. The molecular formula is C14H11BrN2O4S. The van der Waals surface area contributed by atoms with Crippen LogP contribution in [0.3, 0.4) is 0 Å². The molecule has 0 N–H and O–H groups in total. The first-order chi connectivity index (χ1) is 10.4. The highest BCUT2D eigenvalue weighted by Crippen LogP contribution is 2.25. The van der Waals surface area contributed by atoms with E-state index in [0.717, 1.165) is 0 Å². The van der Waals surface area contributed by atoms with Gasteiger partial charge in [-0.3, -0.25) is 14.9 Å². The number of nitro groups is 1. The molecule has 2 aromatic rings. The lowest BCUT2D eigenvalue weighted by atomic mass is 10.1. The average Bonchev–Trinajstić information content (AvgIpc) is 2.45. The van der Waals surface area contributed by atoms with E-state index in [0.29, 0.717) is 15.6 Å². The van der Waals surface area contributed by atoms with E-state index in [1.807, 2.05) is 0 Å². The van der Waals surface area contributed by atoms with Gasteiger partial charge in [0.25, 0.3) is 5.69 Å². The van der Waals surface area contributed by atoms with Gasteiger partial charge in [0.15, 0.2) is 11.4 Å². The number of thiol groups is 1. The summed E-state index contributed by atoms with van der Waals surface area (Å²) in [6.45, 7) is 1.74. The molecule has 0 unspecified atom stereocenters. The van der Waals surface area contributed by atoms with Crippen molar-refractivity contribution in [3.05, 3.63) is 61.9 Å². The molecule has 1 aromatic heterocycles. The molecule has 1 heterocycles. The molecule has 0 atom stereocenters. The summed E-state index contributed by atoms with van der Waals surface area (Å²) < 4.78 is 6.20. The number of benzene rings is 1. The van der Waals surface area contributed by atoms with E-state index in [2.05, 4.69) is 33.5 Å². The number of nitro benzene ring substituents is 1. The molecule has 0 saturated carbocycles. The summed E-state index contributed by atoms with van der Waals surface area (Å²) in [6.07, 6.45) is 1.47. The SMILES string of the molecule is Cc1ccc(COc2cc(Br)cnc2C(=O)S)cc1[N+](=O)[O-]. The number of nitrogens with zero attached hydrogens (tertiary/aromatic N) is 2. The molecule has 1 aromatic carbocycles. The van der Waals surface area contributed by atoms with E-state index in [4.69, 9.17) is 4.74 Å². The van der Waals surface area contributed by atoms with Crippen LogP contribution in [-0.4, -0.2) is 15.0 Å². The lowest BCUT2D eigenvalue weighted by Gasteiger charge is -2.09. The van der Waals surface area contributed by atoms with E-state index in [-0.39, 0.29) is 23.7 Å². The van der Waals surface area contributed by atoms with Gasteiger partial charge in [0.1, 0.15) is 6.61 Å². The van der Waals surface area contributed by atoms with Crippen LogP contribution in [0.25, 0.3) is 0 Å². The highest BCUT2D eigenvalue weighted by Gasteiger charge is 2.14. The van der Waals surface area contributed by atoms with Gasteiger partial charge in [0, 0.05) is 22.3 Å². The Labute approximate surface area is 140 Å². The number of hydrogen-bond acceptors (Lipinski definition) is 5. The lowest BCUT2D eigenvalue weighted by Crippen LogP contribution is -2.03. The topological polar surface area (TPSA) is 82.3 Å². The first-order valence-electron chi connectivity index (χ1n) is 6.14. The number of ether oxygens (including phenoxy) is 1. The normalized spacial score (nSPS) is 10.3. The second-order valence-electron chi connectivity index (χ2n) is 4.47. The molecule has 0 spiro atoms. The van der Waals surface area contributed by atoms with Crippen LogP contribution in [0.5, 0.6) is 5.75 Å². The number of hydrogen-bond donors (Lipinski definition) is 1. The van der Waals surface area contributed by atoms with Gasteiger partial charge < -0.3 is 4.74 Å². The third-order valence-electron chi connectivity index (χ3n) is 2.89. The van der Waals surface area contributed by atoms with E-state index >= 15 is 0 Å². The summed E-state index contributed by atoms with van der Waals surface area (Å²) in [7, 11) is 0. The van der Waals surface area contributed by atoms with Crippen LogP contribution in [0, 0.1) is 17.0 Å². The second kappa shape index (κ2) is 6.89. The van der Waals surface area contributed by atoms with Crippen LogP contribution in [0.2, 0.25) is 0 Å². The van der Waals surface area contributed by atoms with Gasteiger partial charge in [-0.1, -0.05) is 24.8 Å². The van der Waals surface area contributed by atoms with Gasteiger partial charge in [-0.05, 0) is 34.5 Å². The largest absolute Gasteiger partial charge is 0.486 e. The minimum atomic E-state index is -0.516. The molecule has 114 valence electrons. The fourth-order valence-corrected chi connectivity index (χ4v) is 2.27. The Bertz CT molecular complexity index is 752. The van der Waals surface area contributed by atoms with Crippen LogP contribution in [-0.2, 0) is 6.61 Å². The molecule has 2 rings (SSSR count). The van der Waals surface area contributed by atoms with Crippen molar-refractivity contribution in [2.24, 2.45) is 0 Å². The zero-order valence-electron chi connectivity index (χ0n) is 11.4. The molecule has 8 heteroatoms. The van der Waals surface area contributed by atoms with Crippen molar-refractivity contribution in [1.29, 1.82) is 0 Å². The zero-order valence-corrected chi connectivity index (χ0v) is 13.9. The summed E-state index contributed by atoms with van der Waals surface area (Å²) in [5.74, 6) is 0.262. The third kappa shape index (κ3) is 3.83. The van der Waals surface area contributed by atoms with Gasteiger partial charge >= 0.3 is 0 Å². The van der Waals surface area contributed by atoms with Gasteiger partial charge in [-0.2, -0.15) is 0 Å². The van der Waals surface area contributed by atoms with E-state index in [1.54, 1.807) is 25.1 Å². The fourth-order valence-electron chi connectivity index (χ4n) is 1.79. The van der Waals surface area contributed by atoms with Crippen LogP contribution >= 0.6 is 28.6 Å². The Kier molecular flexibility index (Phi) is 5.15.